The standard InChI is InChI=1S/C11H14O5/c1-11(2,9(14)10(15)16)6-4-3-5-7(12)8(6)13/h3-5,9,12-14H,1-2H3,(H,15,16). The van der Waals surface area contributed by atoms with Crippen LogP contribution >= 0.6 is 0 Å². The van der Waals surface area contributed by atoms with Gasteiger partial charge in [-0.1, -0.05) is 26.0 Å². The topological polar surface area (TPSA) is 98.0 Å². The van der Waals surface area contributed by atoms with E-state index in [1.165, 1.54) is 32.0 Å². The lowest BCUT2D eigenvalue weighted by molar-refractivity contribution is -0.150. The van der Waals surface area contributed by atoms with E-state index in [0.29, 0.717) is 0 Å². The van der Waals surface area contributed by atoms with Crippen molar-refractivity contribution in [1.29, 1.82) is 0 Å². The number of benzene rings is 1. The van der Waals surface area contributed by atoms with E-state index in [9.17, 15) is 20.1 Å². The molecule has 1 aromatic rings. The van der Waals surface area contributed by atoms with Crippen LogP contribution in [-0.2, 0) is 10.2 Å². The summed E-state index contributed by atoms with van der Waals surface area (Å²) >= 11 is 0. The van der Waals surface area contributed by atoms with Crippen molar-refractivity contribution >= 4 is 5.97 Å². The molecule has 5 nitrogen and oxygen atoms in total. The zero-order valence-corrected chi connectivity index (χ0v) is 9.01. The Bertz CT molecular complexity index is 411. The Labute approximate surface area is 92.6 Å². The SMILES string of the molecule is CC(C)(c1cccc(O)c1O)C(O)C(=O)O. The molecule has 0 amide bonds. The summed E-state index contributed by atoms with van der Waals surface area (Å²) < 4.78 is 0. The maximum atomic E-state index is 10.7. The summed E-state index contributed by atoms with van der Waals surface area (Å²) in [6.45, 7) is 2.94. The number of phenolic OH excluding ortho intramolecular Hbond substituents is 2. The van der Waals surface area contributed by atoms with Crippen LogP contribution in [0.25, 0.3) is 0 Å². The molecule has 1 aromatic carbocycles. The molecular weight excluding hydrogens is 212 g/mol. The first kappa shape index (κ1) is 12.3. The number of aromatic hydroxyl groups is 2. The number of aliphatic hydroxyl groups is 1. The van der Waals surface area contributed by atoms with Crippen molar-refractivity contribution in [2.75, 3.05) is 0 Å². The van der Waals surface area contributed by atoms with Crippen LogP contribution in [0.15, 0.2) is 18.2 Å². The first-order valence-electron chi connectivity index (χ1n) is 4.70. The van der Waals surface area contributed by atoms with E-state index >= 15 is 0 Å². The van der Waals surface area contributed by atoms with Gasteiger partial charge in [0.25, 0.3) is 0 Å². The highest BCUT2D eigenvalue weighted by Gasteiger charge is 2.37. The van der Waals surface area contributed by atoms with E-state index in [2.05, 4.69) is 0 Å². The molecule has 1 rings (SSSR count). The van der Waals surface area contributed by atoms with Crippen molar-refractivity contribution in [2.45, 2.75) is 25.4 Å². The van der Waals surface area contributed by atoms with Crippen LogP contribution in [-0.4, -0.2) is 32.5 Å². The molecule has 0 radical (unpaired) electrons. The van der Waals surface area contributed by atoms with Crippen molar-refractivity contribution in [3.8, 4) is 11.5 Å². The molecule has 0 spiro atoms. The molecule has 88 valence electrons. The molecule has 0 bridgehead atoms. The average Bonchev–Trinajstić information content (AvgIpc) is 2.20. The molecule has 0 aliphatic heterocycles. The zero-order valence-electron chi connectivity index (χ0n) is 9.01. The normalized spacial score (nSPS) is 13.4. The van der Waals surface area contributed by atoms with Crippen molar-refractivity contribution < 1.29 is 25.2 Å². The monoisotopic (exact) mass is 226 g/mol. The first-order chi connectivity index (χ1) is 7.28. The van der Waals surface area contributed by atoms with Gasteiger partial charge in [-0.3, -0.25) is 0 Å². The first-order valence-corrected chi connectivity index (χ1v) is 4.70. The van der Waals surface area contributed by atoms with Crippen LogP contribution < -0.4 is 0 Å². The minimum Gasteiger partial charge on any atom is -0.504 e. The van der Waals surface area contributed by atoms with E-state index in [4.69, 9.17) is 5.11 Å². The number of hydrogen-bond acceptors (Lipinski definition) is 4. The van der Waals surface area contributed by atoms with Crippen LogP contribution in [0, 0.1) is 0 Å². The second kappa shape index (κ2) is 4.02. The summed E-state index contributed by atoms with van der Waals surface area (Å²) in [5, 5.41) is 37.2. The largest absolute Gasteiger partial charge is 0.504 e. The fourth-order valence-corrected chi connectivity index (χ4v) is 1.51. The summed E-state index contributed by atoms with van der Waals surface area (Å²) in [6, 6.07) is 4.21. The van der Waals surface area contributed by atoms with E-state index in [1.807, 2.05) is 0 Å². The highest BCUT2D eigenvalue weighted by Crippen LogP contribution is 2.38. The number of phenols is 2. The van der Waals surface area contributed by atoms with Crippen LogP contribution in [0.2, 0.25) is 0 Å². The lowest BCUT2D eigenvalue weighted by Crippen LogP contribution is -2.39. The highest BCUT2D eigenvalue weighted by molar-refractivity contribution is 5.75. The Hall–Kier alpha value is -1.75. The number of hydrogen-bond donors (Lipinski definition) is 4. The Kier molecular flexibility index (Phi) is 3.09. The maximum absolute atomic E-state index is 10.7. The van der Waals surface area contributed by atoms with E-state index in [0.717, 1.165) is 0 Å². The van der Waals surface area contributed by atoms with Gasteiger partial charge < -0.3 is 20.4 Å². The summed E-state index contributed by atoms with van der Waals surface area (Å²) in [5.41, 5.74) is -1.02. The lowest BCUT2D eigenvalue weighted by atomic mass is 9.78. The van der Waals surface area contributed by atoms with E-state index in [-0.39, 0.29) is 11.3 Å². The van der Waals surface area contributed by atoms with Gasteiger partial charge in [0.2, 0.25) is 0 Å². The van der Waals surface area contributed by atoms with Gasteiger partial charge >= 0.3 is 5.97 Å². The van der Waals surface area contributed by atoms with Crippen LogP contribution in [0.5, 0.6) is 11.5 Å². The molecule has 4 N–H and O–H groups in total. The van der Waals surface area contributed by atoms with Gasteiger partial charge in [-0.25, -0.2) is 4.79 Å². The van der Waals surface area contributed by atoms with E-state index in [1.54, 1.807) is 0 Å². The summed E-state index contributed by atoms with van der Waals surface area (Å²) in [6.07, 6.45) is -1.67. The van der Waals surface area contributed by atoms with Crippen molar-refractivity contribution in [3.05, 3.63) is 23.8 Å². The Morgan fingerprint density at radius 1 is 1.31 bits per heavy atom. The Morgan fingerprint density at radius 2 is 1.88 bits per heavy atom. The molecule has 0 heterocycles. The number of carboxylic acids is 1. The number of para-hydroxylation sites is 1. The molecule has 0 saturated heterocycles. The van der Waals surface area contributed by atoms with Crippen LogP contribution in [0.3, 0.4) is 0 Å². The van der Waals surface area contributed by atoms with Crippen LogP contribution in [0.1, 0.15) is 19.4 Å². The molecule has 5 heteroatoms. The second-order valence-electron chi connectivity index (χ2n) is 4.14. The molecule has 16 heavy (non-hydrogen) atoms. The average molecular weight is 226 g/mol. The molecule has 0 aliphatic carbocycles. The minimum atomic E-state index is -1.67. The maximum Gasteiger partial charge on any atom is 0.333 e. The number of aliphatic carboxylic acids is 1. The Morgan fingerprint density at radius 3 is 2.38 bits per heavy atom. The zero-order chi connectivity index (χ0) is 12.5. The fourth-order valence-electron chi connectivity index (χ4n) is 1.51. The van der Waals surface area contributed by atoms with Gasteiger partial charge in [0.15, 0.2) is 17.6 Å². The summed E-state index contributed by atoms with van der Waals surface area (Å²) in [4.78, 5) is 10.7. The smallest absolute Gasteiger partial charge is 0.333 e. The quantitative estimate of drug-likeness (QED) is 0.572. The van der Waals surface area contributed by atoms with Crippen LogP contribution in [0.4, 0.5) is 0 Å². The molecular formula is C11H14O5. The summed E-state index contributed by atoms with van der Waals surface area (Å²) in [7, 11) is 0. The second-order valence-corrected chi connectivity index (χ2v) is 4.14. The number of rotatable bonds is 3. The molecule has 0 saturated carbocycles. The van der Waals surface area contributed by atoms with Crippen molar-refractivity contribution in [3.63, 3.8) is 0 Å². The fraction of sp³-hybridized carbons (Fsp3) is 0.364. The van der Waals surface area contributed by atoms with Crippen molar-refractivity contribution in [2.24, 2.45) is 0 Å². The van der Waals surface area contributed by atoms with Crippen molar-refractivity contribution in [1.82, 2.24) is 0 Å². The molecule has 1 atom stereocenters. The Balaban J connectivity index is 3.26. The van der Waals surface area contributed by atoms with Gasteiger partial charge in [-0.15, -0.1) is 0 Å². The third-order valence-electron chi connectivity index (χ3n) is 2.63. The molecule has 0 aromatic heterocycles. The molecule has 0 aliphatic rings. The van der Waals surface area contributed by atoms with Gasteiger partial charge in [0.1, 0.15) is 0 Å². The number of carbonyl (C=O) groups is 1. The third kappa shape index (κ3) is 1.94. The summed E-state index contributed by atoms with van der Waals surface area (Å²) in [5.74, 6) is -2.14. The third-order valence-corrected chi connectivity index (χ3v) is 2.63. The number of carboxylic acid groups (broad SMARTS) is 1. The molecule has 0 fully saturated rings. The number of aliphatic hydroxyl groups excluding tert-OH is 1. The van der Waals surface area contributed by atoms with Gasteiger partial charge in [0.05, 0.1) is 0 Å². The molecule has 1 unspecified atom stereocenters. The van der Waals surface area contributed by atoms with E-state index < -0.39 is 23.2 Å². The van der Waals surface area contributed by atoms with Gasteiger partial charge in [0, 0.05) is 11.0 Å². The lowest BCUT2D eigenvalue weighted by Gasteiger charge is -2.28. The predicted octanol–water partition coefficient (Wildman–Crippen LogP) is 0.821. The highest BCUT2D eigenvalue weighted by atomic mass is 16.4. The predicted molar refractivity (Wildman–Crippen MR) is 56.4 cm³/mol. The minimum absolute atomic E-state index is 0.183. The van der Waals surface area contributed by atoms with Gasteiger partial charge in [-0.2, -0.15) is 0 Å². The van der Waals surface area contributed by atoms with Gasteiger partial charge in [-0.05, 0) is 6.07 Å².